The van der Waals surface area contributed by atoms with Crippen LogP contribution in [0, 0.1) is 5.41 Å². The largest absolute Gasteiger partial charge is 0.465 e. The second-order valence-electron chi connectivity index (χ2n) is 8.06. The summed E-state index contributed by atoms with van der Waals surface area (Å²) >= 11 is 4.91. The summed E-state index contributed by atoms with van der Waals surface area (Å²) in [5.74, 6) is 0. The molecular weight excluding hydrogens is 490 g/mol. The summed E-state index contributed by atoms with van der Waals surface area (Å²) in [4.78, 5) is 17.0. The molecule has 1 N–H and O–H groups in total. The number of thiophene rings is 1. The van der Waals surface area contributed by atoms with E-state index in [4.69, 9.17) is 0 Å². The third-order valence-electron chi connectivity index (χ3n) is 4.23. The molecule has 3 aromatic heterocycles. The van der Waals surface area contributed by atoms with Crippen LogP contribution in [0.25, 0.3) is 11.3 Å². The Morgan fingerprint density at radius 2 is 2.07 bits per heavy atom. The van der Waals surface area contributed by atoms with Crippen LogP contribution in [0.15, 0.2) is 56.9 Å². The Bertz CT molecular complexity index is 1150. The van der Waals surface area contributed by atoms with Crippen molar-refractivity contribution in [2.24, 2.45) is 5.41 Å². The maximum atomic E-state index is 13.3. The number of halogens is 1. The molecule has 0 aliphatic heterocycles. The van der Waals surface area contributed by atoms with E-state index in [1.165, 1.54) is 44.9 Å². The maximum Gasteiger partial charge on any atom is 0.407 e. The van der Waals surface area contributed by atoms with Gasteiger partial charge in [0.25, 0.3) is 10.0 Å². The zero-order valence-electron chi connectivity index (χ0n) is 16.7. The molecule has 0 fully saturated rings. The fourth-order valence-electron chi connectivity index (χ4n) is 3.04. The van der Waals surface area contributed by atoms with Crippen molar-refractivity contribution in [3.8, 4) is 11.3 Å². The van der Waals surface area contributed by atoms with E-state index in [1.54, 1.807) is 12.1 Å². The minimum Gasteiger partial charge on any atom is -0.465 e. The average Bonchev–Trinajstić information content (AvgIpc) is 3.27. The Hall–Kier alpha value is -2.17. The zero-order chi connectivity index (χ0) is 22.1. The number of rotatable bonds is 6. The summed E-state index contributed by atoms with van der Waals surface area (Å²) in [6.45, 7) is 6.26. The van der Waals surface area contributed by atoms with Gasteiger partial charge in [-0.25, -0.2) is 17.2 Å². The third-order valence-corrected chi connectivity index (χ3v) is 7.59. The average molecular weight is 512 g/mol. The Morgan fingerprint density at radius 3 is 2.60 bits per heavy atom. The molecular formula is C20H22BrN3O4S2. The molecule has 7 nitrogen and oxygen atoms in total. The topological polar surface area (TPSA) is 92.5 Å². The van der Waals surface area contributed by atoms with Crippen LogP contribution in [0.4, 0.5) is 4.79 Å². The molecule has 0 saturated carbocycles. The van der Waals surface area contributed by atoms with Crippen LogP contribution < -0.4 is 0 Å². The van der Waals surface area contributed by atoms with Gasteiger partial charge in [-0.15, -0.1) is 0 Å². The second kappa shape index (κ2) is 8.52. The van der Waals surface area contributed by atoms with Gasteiger partial charge in [0.2, 0.25) is 0 Å². The Kier molecular flexibility index (Phi) is 6.40. The quantitative estimate of drug-likeness (QED) is 0.494. The third kappa shape index (κ3) is 4.93. The zero-order valence-corrected chi connectivity index (χ0v) is 20.0. The van der Waals surface area contributed by atoms with Gasteiger partial charge < -0.3 is 10.0 Å². The lowest BCUT2D eigenvalue weighted by Crippen LogP contribution is -2.36. The Balaban J connectivity index is 2.10. The molecule has 160 valence electrons. The van der Waals surface area contributed by atoms with Gasteiger partial charge in [-0.05, 0) is 45.1 Å². The summed E-state index contributed by atoms with van der Waals surface area (Å²) in [5, 5.41) is 13.3. The first kappa shape index (κ1) is 22.5. The summed E-state index contributed by atoms with van der Waals surface area (Å²) in [5.41, 5.74) is 1.53. The van der Waals surface area contributed by atoms with Gasteiger partial charge in [-0.2, -0.15) is 11.3 Å². The molecule has 0 atom stereocenters. The minimum absolute atomic E-state index is 0.0598. The van der Waals surface area contributed by atoms with E-state index < -0.39 is 16.1 Å². The van der Waals surface area contributed by atoms with Crippen molar-refractivity contribution in [3.05, 3.63) is 57.6 Å². The van der Waals surface area contributed by atoms with E-state index >= 15 is 0 Å². The van der Waals surface area contributed by atoms with Crippen molar-refractivity contribution in [3.63, 3.8) is 0 Å². The molecule has 10 heteroatoms. The summed E-state index contributed by atoms with van der Waals surface area (Å²) in [6, 6.07) is 4.77. The van der Waals surface area contributed by atoms with Crippen LogP contribution in [0.3, 0.4) is 0 Å². The molecule has 0 bridgehead atoms. The fourth-order valence-corrected chi connectivity index (χ4v) is 5.89. The van der Waals surface area contributed by atoms with E-state index in [9.17, 15) is 18.3 Å². The molecule has 0 aromatic carbocycles. The first-order valence-corrected chi connectivity index (χ1v) is 12.2. The number of carboxylic acid groups (broad SMARTS) is 1. The number of carbonyl (C=O) groups is 1. The SMILES string of the molecule is CC(C)(C)CN(Cc1cc(-c2cscc2Br)n(S(=O)(=O)c2cccnc2)c1)C(=O)O. The van der Waals surface area contributed by atoms with Crippen molar-refractivity contribution in [2.45, 2.75) is 32.2 Å². The van der Waals surface area contributed by atoms with Crippen LogP contribution in [0.5, 0.6) is 0 Å². The minimum atomic E-state index is -3.91. The molecule has 1 amide bonds. The number of aromatic nitrogens is 2. The van der Waals surface area contributed by atoms with Crippen LogP contribution in [-0.2, 0) is 16.6 Å². The van der Waals surface area contributed by atoms with Gasteiger partial charge >= 0.3 is 6.09 Å². The van der Waals surface area contributed by atoms with Crippen molar-refractivity contribution >= 4 is 43.4 Å². The van der Waals surface area contributed by atoms with Crippen molar-refractivity contribution in [2.75, 3.05) is 6.54 Å². The summed E-state index contributed by atoms with van der Waals surface area (Å²) in [6.07, 6.45) is 3.24. The molecule has 3 rings (SSSR count). The lowest BCUT2D eigenvalue weighted by atomic mass is 9.96. The maximum absolute atomic E-state index is 13.3. The van der Waals surface area contributed by atoms with E-state index in [1.807, 2.05) is 31.5 Å². The van der Waals surface area contributed by atoms with Crippen molar-refractivity contribution in [1.82, 2.24) is 13.9 Å². The summed E-state index contributed by atoms with van der Waals surface area (Å²) in [7, 11) is -3.91. The van der Waals surface area contributed by atoms with Gasteiger partial charge in [0, 0.05) is 45.9 Å². The van der Waals surface area contributed by atoms with Gasteiger partial charge in [0.1, 0.15) is 4.90 Å². The summed E-state index contributed by atoms with van der Waals surface area (Å²) < 4.78 is 28.6. The standard InChI is InChI=1S/C20H22BrN3O4S2/c1-20(2,3)13-23(19(25)26)9-14-7-18(16-11-29-12-17(16)21)24(10-14)30(27,28)15-5-4-6-22-8-15/h4-8,10-12H,9,13H2,1-3H3,(H,25,26). The van der Waals surface area contributed by atoms with E-state index in [2.05, 4.69) is 20.9 Å². The van der Waals surface area contributed by atoms with Gasteiger partial charge in [0.05, 0.1) is 12.2 Å². The van der Waals surface area contributed by atoms with E-state index in [-0.39, 0.29) is 16.9 Å². The molecule has 0 radical (unpaired) electrons. The predicted molar refractivity (Wildman–Crippen MR) is 120 cm³/mol. The van der Waals surface area contributed by atoms with Gasteiger partial charge in [0.15, 0.2) is 0 Å². The van der Waals surface area contributed by atoms with Crippen LogP contribution in [-0.4, -0.2) is 40.0 Å². The highest BCUT2D eigenvalue weighted by atomic mass is 79.9. The molecule has 3 aromatic rings. The molecule has 3 heterocycles. The Labute approximate surface area is 188 Å². The predicted octanol–water partition coefficient (Wildman–Crippen LogP) is 5.14. The number of amides is 1. The highest BCUT2D eigenvalue weighted by molar-refractivity contribution is 9.10. The molecule has 30 heavy (non-hydrogen) atoms. The highest BCUT2D eigenvalue weighted by Crippen LogP contribution is 2.35. The first-order chi connectivity index (χ1) is 14.0. The van der Waals surface area contributed by atoms with Gasteiger partial charge in [-0.3, -0.25) is 4.98 Å². The molecule has 0 aliphatic carbocycles. The number of hydrogen-bond donors (Lipinski definition) is 1. The van der Waals surface area contributed by atoms with Crippen molar-refractivity contribution in [1.29, 1.82) is 0 Å². The molecule has 0 aliphatic rings. The van der Waals surface area contributed by atoms with E-state index in [0.29, 0.717) is 17.8 Å². The highest BCUT2D eigenvalue weighted by Gasteiger charge is 2.26. The molecule has 0 unspecified atom stereocenters. The lowest BCUT2D eigenvalue weighted by molar-refractivity contribution is 0.123. The normalized spacial score (nSPS) is 12.1. The lowest BCUT2D eigenvalue weighted by Gasteiger charge is -2.27. The van der Waals surface area contributed by atoms with Gasteiger partial charge in [-0.1, -0.05) is 20.8 Å². The molecule has 0 spiro atoms. The first-order valence-electron chi connectivity index (χ1n) is 9.06. The monoisotopic (exact) mass is 511 g/mol. The Morgan fingerprint density at radius 1 is 1.33 bits per heavy atom. The smallest absolute Gasteiger partial charge is 0.407 e. The second-order valence-corrected chi connectivity index (χ2v) is 11.5. The van der Waals surface area contributed by atoms with Crippen LogP contribution >= 0.6 is 27.3 Å². The number of nitrogens with zero attached hydrogens (tertiary/aromatic N) is 3. The van der Waals surface area contributed by atoms with Crippen molar-refractivity contribution < 1.29 is 18.3 Å². The van der Waals surface area contributed by atoms with Crippen LogP contribution in [0.1, 0.15) is 26.3 Å². The number of hydrogen-bond acceptors (Lipinski definition) is 5. The number of pyridine rings is 1. The van der Waals surface area contributed by atoms with Crippen LogP contribution in [0.2, 0.25) is 0 Å². The fraction of sp³-hybridized carbons (Fsp3) is 0.300. The molecule has 0 saturated heterocycles. The van der Waals surface area contributed by atoms with E-state index in [0.717, 1.165) is 10.0 Å².